The summed E-state index contributed by atoms with van der Waals surface area (Å²) in [7, 11) is 1.48. The third kappa shape index (κ3) is 59.7. The van der Waals surface area contributed by atoms with Crippen LogP contribution in [0, 0.1) is 0 Å². The van der Waals surface area contributed by atoms with E-state index in [0.717, 1.165) is 57.8 Å². The number of allylic oxidation sites excluding steroid dienone is 4. The summed E-state index contributed by atoms with van der Waals surface area (Å²) in [6, 6.07) is 0. The number of nitrogens with zero attached hydrogens (tertiary/aromatic N) is 1. The molecule has 9 nitrogen and oxygen atoms in total. The summed E-state index contributed by atoms with van der Waals surface area (Å²) in [6.45, 7) is 4.44. The minimum Gasteiger partial charge on any atom is -0.462 e. The smallest absolute Gasteiger partial charge is 0.462 e. The van der Waals surface area contributed by atoms with Gasteiger partial charge < -0.3 is 18.9 Å². The highest BCUT2D eigenvalue weighted by Crippen LogP contribution is 2.43. The van der Waals surface area contributed by atoms with Gasteiger partial charge in [0.2, 0.25) is 0 Å². The molecule has 2 atom stereocenters. The zero-order chi connectivity index (χ0) is 54.2. The molecule has 0 heterocycles. The molecule has 0 aliphatic rings. The molecule has 0 radical (unpaired) electrons. The van der Waals surface area contributed by atoms with Crippen LogP contribution in [-0.2, 0) is 32.7 Å². The minimum absolute atomic E-state index is 0.0311. The van der Waals surface area contributed by atoms with Gasteiger partial charge in [0.15, 0.2) is 6.10 Å². The fraction of sp³-hybridized carbons (Fsp3) is 0.906. The molecule has 0 rings (SSSR count). The van der Waals surface area contributed by atoms with Crippen LogP contribution in [0.5, 0.6) is 0 Å². The van der Waals surface area contributed by atoms with Crippen LogP contribution in [-0.4, -0.2) is 74.9 Å². The number of ether oxygens (including phenoxy) is 2. The highest BCUT2D eigenvalue weighted by atomic mass is 31.2. The van der Waals surface area contributed by atoms with E-state index in [1.165, 1.54) is 231 Å². The quantitative estimate of drug-likeness (QED) is 0.0211. The number of phosphoric ester groups is 1. The standard InChI is InChI=1S/C64H124NO8P/c1-6-8-10-12-14-16-18-20-22-23-24-25-26-27-28-29-30-31-32-33-34-35-36-37-38-39-40-41-43-44-46-48-50-52-54-56-63(66)70-60-62(61-72-74(68,69)71-59-58-65(3,4)5)73-64(67)57-55-53-51-49-47-45-42-21-19-17-15-13-11-9-7-2/h15,17,21,42,62H,6-14,16,18-20,22-41,43-61H2,1-5H3/p+1/b17-15-,42-21-. The van der Waals surface area contributed by atoms with Gasteiger partial charge in [-0.25, -0.2) is 4.57 Å². The SMILES string of the molecule is CCCCC/C=C\C/C=C\CCCCCCCC(=O)OC(COC(=O)CCCCCCCCCCCCCCCCCCCCCCCCCCCCCCCCCCCCC)COP(=O)(O)OCC[N+](C)(C)C. The van der Waals surface area contributed by atoms with Crippen molar-refractivity contribution >= 4 is 19.8 Å². The van der Waals surface area contributed by atoms with Crippen LogP contribution in [0.25, 0.3) is 0 Å². The van der Waals surface area contributed by atoms with Crippen LogP contribution < -0.4 is 0 Å². The molecule has 0 aromatic heterocycles. The zero-order valence-electron chi connectivity index (χ0n) is 49.9. The molecule has 0 bridgehead atoms. The van der Waals surface area contributed by atoms with Gasteiger partial charge in [-0.15, -0.1) is 0 Å². The maximum absolute atomic E-state index is 12.8. The fourth-order valence-electron chi connectivity index (χ4n) is 9.52. The van der Waals surface area contributed by atoms with Crippen molar-refractivity contribution in [3.63, 3.8) is 0 Å². The van der Waals surface area contributed by atoms with Gasteiger partial charge in [0.25, 0.3) is 0 Å². The van der Waals surface area contributed by atoms with Gasteiger partial charge in [-0.05, 0) is 44.9 Å². The van der Waals surface area contributed by atoms with E-state index in [4.69, 9.17) is 18.5 Å². The van der Waals surface area contributed by atoms with Crippen LogP contribution in [0.3, 0.4) is 0 Å². The van der Waals surface area contributed by atoms with Crippen LogP contribution >= 0.6 is 7.82 Å². The number of quaternary nitrogens is 1. The van der Waals surface area contributed by atoms with E-state index in [1.54, 1.807) is 0 Å². The van der Waals surface area contributed by atoms with Crippen molar-refractivity contribution in [2.24, 2.45) is 0 Å². The highest BCUT2D eigenvalue weighted by Gasteiger charge is 2.27. The van der Waals surface area contributed by atoms with Crippen molar-refractivity contribution in [1.82, 2.24) is 0 Å². The van der Waals surface area contributed by atoms with Gasteiger partial charge >= 0.3 is 19.8 Å². The maximum atomic E-state index is 12.8. The molecule has 0 amide bonds. The third-order valence-electron chi connectivity index (χ3n) is 14.5. The van der Waals surface area contributed by atoms with E-state index in [-0.39, 0.29) is 25.6 Å². The second kappa shape index (κ2) is 56.2. The Hall–Kier alpha value is -1.51. The average Bonchev–Trinajstić information content (AvgIpc) is 3.36. The first-order chi connectivity index (χ1) is 36.0. The van der Waals surface area contributed by atoms with Gasteiger partial charge in [-0.3, -0.25) is 18.6 Å². The molecule has 0 aromatic rings. The van der Waals surface area contributed by atoms with E-state index >= 15 is 0 Å². The molecule has 74 heavy (non-hydrogen) atoms. The normalized spacial score (nSPS) is 13.3. The Bertz CT molecular complexity index is 1300. The van der Waals surface area contributed by atoms with Gasteiger partial charge in [0.05, 0.1) is 27.7 Å². The number of carbonyl (C=O) groups is 2. The Morgan fingerprint density at radius 1 is 0.419 bits per heavy atom. The Morgan fingerprint density at radius 3 is 1.09 bits per heavy atom. The predicted octanol–water partition coefficient (Wildman–Crippen LogP) is 20.2. The Kier molecular flexibility index (Phi) is 55.1. The number of rotatable bonds is 60. The van der Waals surface area contributed by atoms with E-state index in [9.17, 15) is 19.0 Å². The van der Waals surface area contributed by atoms with E-state index in [1.807, 2.05) is 21.1 Å². The van der Waals surface area contributed by atoms with E-state index in [2.05, 4.69) is 38.2 Å². The Balaban J connectivity index is 3.91. The zero-order valence-corrected chi connectivity index (χ0v) is 50.8. The lowest BCUT2D eigenvalue weighted by Gasteiger charge is -2.24. The summed E-state index contributed by atoms with van der Waals surface area (Å²) in [4.78, 5) is 35.7. The lowest BCUT2D eigenvalue weighted by Crippen LogP contribution is -2.37. The molecule has 438 valence electrons. The summed E-state index contributed by atoms with van der Waals surface area (Å²) in [5.74, 6) is -0.798. The van der Waals surface area contributed by atoms with Crippen molar-refractivity contribution < 1.29 is 42.1 Å². The number of unbranched alkanes of at least 4 members (excludes halogenated alkanes) is 42. The maximum Gasteiger partial charge on any atom is 0.472 e. The topological polar surface area (TPSA) is 108 Å². The molecule has 10 heteroatoms. The lowest BCUT2D eigenvalue weighted by molar-refractivity contribution is -0.870. The van der Waals surface area contributed by atoms with Crippen molar-refractivity contribution in [2.75, 3.05) is 47.5 Å². The molecule has 2 unspecified atom stereocenters. The molecule has 0 aromatic carbocycles. The van der Waals surface area contributed by atoms with Crippen molar-refractivity contribution in [3.8, 4) is 0 Å². The number of hydrogen-bond acceptors (Lipinski definition) is 7. The highest BCUT2D eigenvalue weighted by molar-refractivity contribution is 7.47. The molecule has 0 spiro atoms. The first-order valence-electron chi connectivity index (χ1n) is 32.1. The second-order valence-corrected chi connectivity index (χ2v) is 24.6. The predicted molar refractivity (Wildman–Crippen MR) is 317 cm³/mol. The minimum atomic E-state index is -4.39. The first-order valence-corrected chi connectivity index (χ1v) is 33.6. The second-order valence-electron chi connectivity index (χ2n) is 23.2. The molecule has 0 aliphatic heterocycles. The number of phosphoric acid groups is 1. The molecule has 0 saturated heterocycles. The number of esters is 2. The van der Waals surface area contributed by atoms with Gasteiger partial charge in [0, 0.05) is 12.8 Å². The monoisotopic (exact) mass is 1070 g/mol. The summed E-state index contributed by atoms with van der Waals surface area (Å²) in [6.07, 6.45) is 68.6. The van der Waals surface area contributed by atoms with Crippen molar-refractivity contribution in [2.45, 2.75) is 328 Å². The molecular formula is C64H125NO8P+. The van der Waals surface area contributed by atoms with Gasteiger partial charge in [-0.1, -0.05) is 289 Å². The lowest BCUT2D eigenvalue weighted by atomic mass is 10.0. The average molecular weight is 1070 g/mol. The molecule has 1 N–H and O–H groups in total. The number of likely N-dealkylation sites (N-methyl/N-ethyl adjacent to an activating group) is 1. The number of hydrogen-bond donors (Lipinski definition) is 1. The largest absolute Gasteiger partial charge is 0.472 e. The van der Waals surface area contributed by atoms with Crippen LogP contribution in [0.15, 0.2) is 24.3 Å². The van der Waals surface area contributed by atoms with E-state index < -0.39 is 26.5 Å². The molecule has 0 saturated carbocycles. The van der Waals surface area contributed by atoms with E-state index in [0.29, 0.717) is 23.9 Å². The van der Waals surface area contributed by atoms with Crippen molar-refractivity contribution in [3.05, 3.63) is 24.3 Å². The van der Waals surface area contributed by atoms with Crippen LogP contribution in [0.4, 0.5) is 0 Å². The summed E-state index contributed by atoms with van der Waals surface area (Å²) in [5.41, 5.74) is 0. The van der Waals surface area contributed by atoms with Crippen LogP contribution in [0.2, 0.25) is 0 Å². The molecule has 0 fully saturated rings. The van der Waals surface area contributed by atoms with Gasteiger partial charge in [-0.2, -0.15) is 0 Å². The summed E-state index contributed by atoms with van der Waals surface area (Å²) in [5, 5.41) is 0. The summed E-state index contributed by atoms with van der Waals surface area (Å²) >= 11 is 0. The van der Waals surface area contributed by atoms with Gasteiger partial charge in [0.1, 0.15) is 19.8 Å². The third-order valence-corrected chi connectivity index (χ3v) is 15.5. The first kappa shape index (κ1) is 72.5. The Labute approximate surface area is 459 Å². The molecule has 0 aliphatic carbocycles. The summed E-state index contributed by atoms with van der Waals surface area (Å²) < 4.78 is 34.6. The fourth-order valence-corrected chi connectivity index (χ4v) is 10.3. The van der Waals surface area contributed by atoms with Crippen molar-refractivity contribution in [1.29, 1.82) is 0 Å². The Morgan fingerprint density at radius 2 is 0.730 bits per heavy atom. The number of carbonyl (C=O) groups excluding carboxylic acids is 2. The molecular weight excluding hydrogens is 942 g/mol. The van der Waals surface area contributed by atoms with Crippen LogP contribution in [0.1, 0.15) is 322 Å².